The van der Waals surface area contributed by atoms with E-state index in [1.54, 1.807) is 0 Å². The molecule has 0 aromatic rings. The van der Waals surface area contributed by atoms with E-state index in [4.69, 9.17) is 10.5 Å². The summed E-state index contributed by atoms with van der Waals surface area (Å²) in [6.07, 6.45) is 7.69. The van der Waals surface area contributed by atoms with Crippen LogP contribution in [-0.2, 0) is 0 Å². The molecule has 1 aliphatic carbocycles. The summed E-state index contributed by atoms with van der Waals surface area (Å²) in [5, 5.41) is 17.6. The van der Waals surface area contributed by atoms with Crippen LogP contribution in [0.3, 0.4) is 0 Å². The lowest BCUT2D eigenvalue weighted by Crippen LogP contribution is -1.93. The van der Waals surface area contributed by atoms with E-state index in [-0.39, 0.29) is 5.57 Å². The maximum absolute atomic E-state index is 8.81. The van der Waals surface area contributed by atoms with Gasteiger partial charge in [0.2, 0.25) is 0 Å². The summed E-state index contributed by atoms with van der Waals surface area (Å²) in [6.45, 7) is 0. The first kappa shape index (κ1) is 11.1. The number of hydrogen-bond acceptors (Lipinski definition) is 4. The maximum atomic E-state index is 8.81. The molecule has 16 heavy (non-hydrogen) atoms. The normalized spacial score (nSPS) is 18.5. The molecule has 0 aromatic carbocycles. The highest BCUT2D eigenvalue weighted by atomic mass is 32.2. The van der Waals surface area contributed by atoms with E-state index in [2.05, 4.69) is 0 Å². The van der Waals surface area contributed by atoms with Crippen molar-refractivity contribution in [2.75, 3.05) is 11.5 Å². The van der Waals surface area contributed by atoms with Crippen LogP contribution in [0.25, 0.3) is 0 Å². The Morgan fingerprint density at radius 3 is 1.88 bits per heavy atom. The standard InChI is InChI=1S/C12H8N2S2/c13-7-10(8-14)9-1-3-11-12(4-2-9)16-6-5-15-11/h1-4H,5-6H2. The highest BCUT2D eigenvalue weighted by molar-refractivity contribution is 8.10. The minimum absolute atomic E-state index is 0.169. The van der Waals surface area contributed by atoms with Crippen LogP contribution in [0.1, 0.15) is 0 Å². The first-order valence-corrected chi connectivity index (χ1v) is 6.73. The first-order valence-electron chi connectivity index (χ1n) is 4.75. The number of thioether (sulfide) groups is 2. The van der Waals surface area contributed by atoms with Crippen molar-refractivity contribution in [3.8, 4) is 12.1 Å². The lowest BCUT2D eigenvalue weighted by atomic mass is 10.1. The van der Waals surface area contributed by atoms with E-state index in [0.717, 1.165) is 11.5 Å². The zero-order chi connectivity index (χ0) is 11.4. The summed E-state index contributed by atoms with van der Waals surface area (Å²) in [5.41, 5.74) is 0.864. The fourth-order valence-electron chi connectivity index (χ4n) is 1.41. The van der Waals surface area contributed by atoms with Gasteiger partial charge >= 0.3 is 0 Å². The Kier molecular flexibility index (Phi) is 3.56. The monoisotopic (exact) mass is 244 g/mol. The summed E-state index contributed by atoms with van der Waals surface area (Å²) in [6, 6.07) is 3.83. The molecule has 0 radical (unpaired) electrons. The fourth-order valence-corrected chi connectivity index (χ4v) is 3.62. The lowest BCUT2D eigenvalue weighted by Gasteiger charge is -2.12. The lowest BCUT2D eigenvalue weighted by molar-refractivity contribution is 1.44. The molecule has 0 spiro atoms. The van der Waals surface area contributed by atoms with Crippen LogP contribution in [0.4, 0.5) is 0 Å². The van der Waals surface area contributed by atoms with E-state index in [9.17, 15) is 0 Å². The predicted octanol–water partition coefficient (Wildman–Crippen LogP) is 3.15. The molecule has 2 nitrogen and oxygen atoms in total. The Morgan fingerprint density at radius 1 is 0.938 bits per heavy atom. The zero-order valence-corrected chi connectivity index (χ0v) is 10.1. The molecule has 0 N–H and O–H groups in total. The molecule has 0 atom stereocenters. The van der Waals surface area contributed by atoms with Crippen molar-refractivity contribution in [3.63, 3.8) is 0 Å². The van der Waals surface area contributed by atoms with Gasteiger partial charge in [-0.2, -0.15) is 10.5 Å². The van der Waals surface area contributed by atoms with E-state index < -0.39 is 0 Å². The third-order valence-electron chi connectivity index (χ3n) is 2.18. The molecule has 0 saturated carbocycles. The number of rotatable bonds is 0. The zero-order valence-electron chi connectivity index (χ0n) is 8.43. The van der Waals surface area contributed by atoms with E-state index in [1.165, 1.54) is 9.81 Å². The average molecular weight is 244 g/mol. The Morgan fingerprint density at radius 2 is 1.44 bits per heavy atom. The van der Waals surface area contributed by atoms with Gasteiger partial charge in [0.05, 0.1) is 0 Å². The third-order valence-corrected chi connectivity index (χ3v) is 4.72. The smallest absolute Gasteiger partial charge is 0.136 e. The second-order valence-corrected chi connectivity index (χ2v) is 5.42. The van der Waals surface area contributed by atoms with Gasteiger partial charge in [-0.05, 0) is 12.2 Å². The molecule has 4 heteroatoms. The molecule has 2 aliphatic rings. The molecule has 1 aliphatic heterocycles. The molecular weight excluding hydrogens is 236 g/mol. The van der Waals surface area contributed by atoms with Crippen LogP contribution in [0, 0.1) is 22.7 Å². The van der Waals surface area contributed by atoms with E-state index in [1.807, 2.05) is 60.0 Å². The van der Waals surface area contributed by atoms with Gasteiger partial charge in [-0.25, -0.2) is 0 Å². The Hall–Kier alpha value is -1.36. The summed E-state index contributed by atoms with van der Waals surface area (Å²) in [7, 11) is 0. The van der Waals surface area contributed by atoms with Crippen molar-refractivity contribution in [3.05, 3.63) is 45.3 Å². The molecule has 1 heterocycles. The van der Waals surface area contributed by atoms with Gasteiger partial charge in [0.25, 0.3) is 0 Å². The van der Waals surface area contributed by atoms with Gasteiger partial charge in [0.1, 0.15) is 17.7 Å². The number of hydrogen-bond donors (Lipinski definition) is 0. The summed E-state index contributed by atoms with van der Waals surface area (Å²) in [4.78, 5) is 2.47. The molecule has 0 bridgehead atoms. The molecule has 0 amide bonds. The Balaban J connectivity index is 2.40. The number of nitriles is 2. The van der Waals surface area contributed by atoms with Crippen molar-refractivity contribution in [2.45, 2.75) is 0 Å². The van der Waals surface area contributed by atoms with Crippen molar-refractivity contribution in [1.29, 1.82) is 10.5 Å². The van der Waals surface area contributed by atoms with Crippen molar-refractivity contribution < 1.29 is 0 Å². The van der Waals surface area contributed by atoms with Crippen LogP contribution in [0.15, 0.2) is 45.3 Å². The van der Waals surface area contributed by atoms with Crippen LogP contribution in [0.5, 0.6) is 0 Å². The minimum atomic E-state index is 0.169. The van der Waals surface area contributed by atoms with Gasteiger partial charge in [0, 0.05) is 26.9 Å². The molecule has 2 rings (SSSR count). The average Bonchev–Trinajstić information content (AvgIpc) is 2.54. The van der Waals surface area contributed by atoms with Gasteiger partial charge < -0.3 is 0 Å². The fraction of sp³-hybridized carbons (Fsp3) is 0.167. The van der Waals surface area contributed by atoms with Gasteiger partial charge in [-0.15, -0.1) is 23.5 Å². The van der Waals surface area contributed by atoms with Crippen molar-refractivity contribution >= 4 is 23.5 Å². The second-order valence-electron chi connectivity index (χ2n) is 3.15. The highest BCUT2D eigenvalue weighted by Gasteiger charge is 2.12. The summed E-state index contributed by atoms with van der Waals surface area (Å²) < 4.78 is 0. The Bertz CT molecular complexity index is 466. The molecule has 0 aromatic heterocycles. The van der Waals surface area contributed by atoms with E-state index in [0.29, 0.717) is 5.57 Å². The maximum Gasteiger partial charge on any atom is 0.136 e. The van der Waals surface area contributed by atoms with Gasteiger partial charge in [0.15, 0.2) is 0 Å². The molecule has 78 valence electrons. The van der Waals surface area contributed by atoms with Crippen LogP contribution >= 0.6 is 23.5 Å². The topological polar surface area (TPSA) is 47.6 Å². The van der Waals surface area contributed by atoms with Crippen molar-refractivity contribution in [2.24, 2.45) is 0 Å². The van der Waals surface area contributed by atoms with Gasteiger partial charge in [-0.1, -0.05) is 12.2 Å². The summed E-state index contributed by atoms with van der Waals surface area (Å²) >= 11 is 3.64. The third kappa shape index (κ3) is 2.24. The predicted molar refractivity (Wildman–Crippen MR) is 68.5 cm³/mol. The Labute approximate surface area is 103 Å². The second kappa shape index (κ2) is 5.12. The van der Waals surface area contributed by atoms with E-state index >= 15 is 0 Å². The number of allylic oxidation sites excluding steroid dienone is 6. The molecule has 0 fully saturated rings. The van der Waals surface area contributed by atoms with Crippen LogP contribution in [-0.4, -0.2) is 11.5 Å². The molecular formula is C12H8N2S2. The quantitative estimate of drug-likeness (QED) is 0.614. The van der Waals surface area contributed by atoms with Gasteiger partial charge in [-0.3, -0.25) is 0 Å². The largest absolute Gasteiger partial charge is 0.192 e. The summed E-state index contributed by atoms with van der Waals surface area (Å²) in [5.74, 6) is 2.23. The molecule has 0 unspecified atom stereocenters. The molecule has 0 saturated heterocycles. The van der Waals surface area contributed by atoms with Crippen LogP contribution < -0.4 is 0 Å². The highest BCUT2D eigenvalue weighted by Crippen LogP contribution is 2.37. The first-order chi connectivity index (χ1) is 7.85. The SMILES string of the molecule is N#CC(C#N)=C1C=CC2=C(C=C1)SCCS2. The number of nitrogens with zero attached hydrogens (tertiary/aromatic N) is 2. The van der Waals surface area contributed by atoms with Crippen LogP contribution in [0.2, 0.25) is 0 Å². The minimum Gasteiger partial charge on any atom is -0.192 e. The van der Waals surface area contributed by atoms with Crippen molar-refractivity contribution in [1.82, 2.24) is 0 Å².